The Morgan fingerprint density at radius 2 is 1.37 bits per heavy atom. The zero-order valence-corrected chi connectivity index (χ0v) is 15.6. The third kappa shape index (κ3) is 3.66. The third-order valence-electron chi connectivity index (χ3n) is 5.64. The van der Waals surface area contributed by atoms with Gasteiger partial charge in [0.15, 0.2) is 0 Å². The largest absolute Gasteiger partial charge is 0.206 e. The Labute approximate surface area is 159 Å². The highest BCUT2D eigenvalue weighted by Gasteiger charge is 2.20. The van der Waals surface area contributed by atoms with Crippen molar-refractivity contribution in [1.29, 1.82) is 0 Å². The normalized spacial score (nSPS) is 14.2. The average molecular weight is 362 g/mol. The third-order valence-corrected chi connectivity index (χ3v) is 5.64. The van der Waals surface area contributed by atoms with Crippen LogP contribution in [0, 0.1) is 11.6 Å². The molecule has 1 saturated carbocycles. The molecule has 0 bridgehead atoms. The van der Waals surface area contributed by atoms with Gasteiger partial charge in [-0.3, -0.25) is 0 Å². The van der Waals surface area contributed by atoms with Gasteiger partial charge in [0.2, 0.25) is 0 Å². The SMILES string of the molecule is CCCc1ccc(-c2cc(F)c(-c3ccc(C4CCC4)cc3)c(F)c2)cc1. The summed E-state index contributed by atoms with van der Waals surface area (Å²) in [5.41, 5.74) is 4.57. The van der Waals surface area contributed by atoms with E-state index in [-0.39, 0.29) is 5.56 Å². The van der Waals surface area contributed by atoms with E-state index < -0.39 is 11.6 Å². The molecular formula is C25H24F2. The quantitative estimate of drug-likeness (QED) is 0.440. The first-order chi connectivity index (χ1) is 13.2. The lowest BCUT2D eigenvalue weighted by Crippen LogP contribution is -2.08. The molecule has 2 heteroatoms. The Bertz CT molecular complexity index is 897. The molecule has 3 aromatic carbocycles. The number of rotatable bonds is 5. The molecule has 0 aliphatic heterocycles. The summed E-state index contributed by atoms with van der Waals surface area (Å²) in [4.78, 5) is 0. The number of hydrogen-bond donors (Lipinski definition) is 0. The Kier molecular flexibility index (Phi) is 5.07. The van der Waals surface area contributed by atoms with E-state index in [1.165, 1.54) is 42.5 Å². The van der Waals surface area contributed by atoms with Gasteiger partial charge in [-0.1, -0.05) is 68.3 Å². The fourth-order valence-corrected chi connectivity index (χ4v) is 3.83. The van der Waals surface area contributed by atoms with Crippen molar-refractivity contribution in [1.82, 2.24) is 0 Å². The van der Waals surface area contributed by atoms with Crippen LogP contribution < -0.4 is 0 Å². The Hall–Kier alpha value is -2.48. The van der Waals surface area contributed by atoms with E-state index in [4.69, 9.17) is 0 Å². The van der Waals surface area contributed by atoms with Crippen LogP contribution in [0.2, 0.25) is 0 Å². The van der Waals surface area contributed by atoms with Crippen molar-refractivity contribution in [2.75, 3.05) is 0 Å². The molecule has 0 spiro atoms. The van der Waals surface area contributed by atoms with Crippen LogP contribution in [0.25, 0.3) is 22.3 Å². The molecule has 1 aliphatic rings. The monoisotopic (exact) mass is 362 g/mol. The average Bonchev–Trinajstić information content (AvgIpc) is 2.62. The topological polar surface area (TPSA) is 0 Å². The highest BCUT2D eigenvalue weighted by molar-refractivity contribution is 5.72. The van der Waals surface area contributed by atoms with Gasteiger partial charge in [-0.05, 0) is 65.1 Å². The van der Waals surface area contributed by atoms with Gasteiger partial charge in [0, 0.05) is 0 Å². The van der Waals surface area contributed by atoms with Gasteiger partial charge < -0.3 is 0 Å². The summed E-state index contributed by atoms with van der Waals surface area (Å²) in [6.45, 7) is 2.14. The first-order valence-corrected chi connectivity index (χ1v) is 9.84. The fourth-order valence-electron chi connectivity index (χ4n) is 3.83. The fraction of sp³-hybridized carbons (Fsp3) is 0.280. The molecule has 138 valence electrons. The molecule has 3 aromatic rings. The van der Waals surface area contributed by atoms with Gasteiger partial charge in [0.05, 0.1) is 5.56 Å². The van der Waals surface area contributed by atoms with Crippen LogP contribution in [-0.2, 0) is 6.42 Å². The Morgan fingerprint density at radius 3 is 1.89 bits per heavy atom. The Balaban J connectivity index is 1.63. The van der Waals surface area contributed by atoms with Gasteiger partial charge in [-0.15, -0.1) is 0 Å². The second-order valence-corrected chi connectivity index (χ2v) is 7.51. The van der Waals surface area contributed by atoms with Crippen LogP contribution in [0.4, 0.5) is 8.78 Å². The molecule has 1 fully saturated rings. The maximum absolute atomic E-state index is 14.8. The summed E-state index contributed by atoms with van der Waals surface area (Å²) in [6.07, 6.45) is 5.80. The first-order valence-electron chi connectivity index (χ1n) is 9.84. The molecular weight excluding hydrogens is 338 g/mol. The number of benzene rings is 3. The minimum absolute atomic E-state index is 0.0570. The van der Waals surface area contributed by atoms with Crippen LogP contribution in [0.5, 0.6) is 0 Å². The lowest BCUT2D eigenvalue weighted by molar-refractivity contribution is 0.420. The molecule has 0 amide bonds. The molecule has 0 nitrogen and oxygen atoms in total. The molecule has 0 unspecified atom stereocenters. The van der Waals surface area contributed by atoms with Crippen LogP contribution in [-0.4, -0.2) is 0 Å². The summed E-state index contributed by atoms with van der Waals surface area (Å²) < 4.78 is 29.6. The molecule has 0 aromatic heterocycles. The van der Waals surface area contributed by atoms with Crippen LogP contribution in [0.3, 0.4) is 0 Å². The highest BCUT2D eigenvalue weighted by Crippen LogP contribution is 2.38. The van der Waals surface area contributed by atoms with E-state index in [0.29, 0.717) is 17.0 Å². The molecule has 0 saturated heterocycles. The first kappa shape index (κ1) is 17.9. The number of hydrogen-bond acceptors (Lipinski definition) is 0. The smallest absolute Gasteiger partial charge is 0.134 e. The lowest BCUT2D eigenvalue weighted by Gasteiger charge is -2.25. The Morgan fingerprint density at radius 1 is 0.778 bits per heavy atom. The zero-order chi connectivity index (χ0) is 18.8. The van der Waals surface area contributed by atoms with Gasteiger partial charge in [0.25, 0.3) is 0 Å². The van der Waals surface area contributed by atoms with E-state index in [1.54, 1.807) is 0 Å². The summed E-state index contributed by atoms with van der Waals surface area (Å²) in [6, 6.07) is 18.5. The van der Waals surface area contributed by atoms with E-state index in [1.807, 2.05) is 48.5 Å². The van der Waals surface area contributed by atoms with Crippen molar-refractivity contribution in [3.05, 3.63) is 83.4 Å². The van der Waals surface area contributed by atoms with E-state index >= 15 is 0 Å². The van der Waals surface area contributed by atoms with Crippen molar-refractivity contribution in [2.24, 2.45) is 0 Å². The van der Waals surface area contributed by atoms with Gasteiger partial charge in [0.1, 0.15) is 11.6 Å². The molecule has 0 N–H and O–H groups in total. The maximum Gasteiger partial charge on any atom is 0.134 e. The maximum atomic E-state index is 14.8. The number of halogens is 2. The van der Waals surface area contributed by atoms with Crippen LogP contribution in [0.1, 0.15) is 49.7 Å². The van der Waals surface area contributed by atoms with Gasteiger partial charge in [-0.2, -0.15) is 0 Å². The zero-order valence-electron chi connectivity index (χ0n) is 15.6. The minimum atomic E-state index is -0.515. The molecule has 4 rings (SSSR count). The standard InChI is InChI=1S/C25H24F2/c1-2-4-17-7-9-20(10-8-17)22-15-23(26)25(24(27)16-22)21-13-11-19(12-14-21)18-5-3-6-18/h7-16,18H,2-6H2,1H3. The van der Waals surface area contributed by atoms with Gasteiger partial charge in [-0.25, -0.2) is 8.78 Å². The predicted molar refractivity (Wildman–Crippen MR) is 108 cm³/mol. The molecule has 0 radical (unpaired) electrons. The van der Waals surface area contributed by atoms with Crippen molar-refractivity contribution in [3.63, 3.8) is 0 Å². The second kappa shape index (κ2) is 7.64. The molecule has 27 heavy (non-hydrogen) atoms. The lowest BCUT2D eigenvalue weighted by atomic mass is 9.80. The molecule has 0 heterocycles. The van der Waals surface area contributed by atoms with Gasteiger partial charge >= 0.3 is 0 Å². The van der Waals surface area contributed by atoms with Crippen molar-refractivity contribution < 1.29 is 8.78 Å². The van der Waals surface area contributed by atoms with Crippen molar-refractivity contribution >= 4 is 0 Å². The van der Waals surface area contributed by atoms with Crippen molar-refractivity contribution in [2.45, 2.75) is 44.9 Å². The summed E-state index contributed by atoms with van der Waals surface area (Å²) >= 11 is 0. The van der Waals surface area contributed by atoms with E-state index in [0.717, 1.165) is 18.4 Å². The molecule has 1 aliphatic carbocycles. The van der Waals surface area contributed by atoms with E-state index in [9.17, 15) is 8.78 Å². The molecule has 0 atom stereocenters. The van der Waals surface area contributed by atoms with E-state index in [2.05, 4.69) is 6.92 Å². The predicted octanol–water partition coefficient (Wildman–Crippen LogP) is 7.52. The summed E-state index contributed by atoms with van der Waals surface area (Å²) in [5, 5.41) is 0. The summed E-state index contributed by atoms with van der Waals surface area (Å²) in [5.74, 6) is -0.412. The number of aryl methyl sites for hydroxylation is 1. The summed E-state index contributed by atoms with van der Waals surface area (Å²) in [7, 11) is 0. The highest BCUT2D eigenvalue weighted by atomic mass is 19.1. The van der Waals surface area contributed by atoms with Crippen LogP contribution in [0.15, 0.2) is 60.7 Å². The van der Waals surface area contributed by atoms with Crippen LogP contribution >= 0.6 is 0 Å². The second-order valence-electron chi connectivity index (χ2n) is 7.51. The minimum Gasteiger partial charge on any atom is -0.206 e. The van der Waals surface area contributed by atoms with Crippen molar-refractivity contribution in [3.8, 4) is 22.3 Å².